The molecule has 0 fully saturated rings. The van der Waals surface area contributed by atoms with Gasteiger partial charge in [-0.2, -0.15) is 0 Å². The Morgan fingerprint density at radius 2 is 1.83 bits per heavy atom. The van der Waals surface area contributed by atoms with Gasteiger partial charge in [0.05, 0.1) is 0 Å². The molecule has 0 amide bonds. The van der Waals surface area contributed by atoms with Crippen molar-refractivity contribution < 1.29 is 4.80 Å². The fourth-order valence-electron chi connectivity index (χ4n) is 0. The van der Waals surface area contributed by atoms with Crippen molar-refractivity contribution in [1.29, 1.82) is 0 Å². The maximum Gasteiger partial charge on any atom is 0.370 e. The quantitative estimate of drug-likeness (QED) is 0.357. The SMILES string of the molecule is C=C[Si](N)(N)O. The summed E-state index contributed by atoms with van der Waals surface area (Å²) in [6.45, 7) is 3.19. The van der Waals surface area contributed by atoms with Gasteiger partial charge in [0.2, 0.25) is 0 Å². The van der Waals surface area contributed by atoms with Crippen molar-refractivity contribution >= 4 is 8.64 Å². The molecule has 4 heteroatoms. The summed E-state index contributed by atoms with van der Waals surface area (Å²) in [4.78, 5) is 8.40. The molecule has 0 radical (unpaired) electrons. The van der Waals surface area contributed by atoms with Gasteiger partial charge in [0.25, 0.3) is 0 Å². The molecule has 0 rings (SSSR count). The van der Waals surface area contributed by atoms with Crippen LogP contribution in [-0.4, -0.2) is 13.4 Å². The van der Waals surface area contributed by atoms with Gasteiger partial charge in [-0.05, 0) is 5.70 Å². The molecule has 0 saturated heterocycles. The Bertz CT molecular complexity index is 57.1. The van der Waals surface area contributed by atoms with Crippen LogP contribution in [0.25, 0.3) is 0 Å². The van der Waals surface area contributed by atoms with E-state index in [2.05, 4.69) is 6.58 Å². The molecule has 0 bridgehead atoms. The second kappa shape index (κ2) is 1.52. The minimum absolute atomic E-state index is 1.19. The summed E-state index contributed by atoms with van der Waals surface area (Å²) in [7, 11) is -2.87. The standard InChI is InChI=1S/C2H8N2OSi/c1-2-6(3,4)5/h2,5H,1,3-4H2. The van der Waals surface area contributed by atoms with Gasteiger partial charge in [-0.15, -0.1) is 6.58 Å². The highest BCUT2D eigenvalue weighted by atomic mass is 28.4. The lowest BCUT2D eigenvalue weighted by atomic mass is 11.3. The Balaban J connectivity index is 3.45. The molecule has 0 aliphatic rings. The van der Waals surface area contributed by atoms with E-state index in [0.29, 0.717) is 0 Å². The van der Waals surface area contributed by atoms with Crippen LogP contribution in [0.3, 0.4) is 0 Å². The molecule has 3 nitrogen and oxygen atoms in total. The Morgan fingerprint density at radius 1 is 1.67 bits per heavy atom. The van der Waals surface area contributed by atoms with Crippen molar-refractivity contribution in [2.24, 2.45) is 10.8 Å². The third-order valence-electron chi connectivity index (χ3n) is 0.327. The molecule has 0 heterocycles. The van der Waals surface area contributed by atoms with Gasteiger partial charge in [0.1, 0.15) is 0 Å². The first-order valence-electron chi connectivity index (χ1n) is 1.50. The zero-order valence-corrected chi connectivity index (χ0v) is 4.39. The second-order valence-electron chi connectivity index (χ2n) is 1.09. The van der Waals surface area contributed by atoms with E-state index in [0.717, 1.165) is 0 Å². The first kappa shape index (κ1) is 5.84. The second-order valence-corrected chi connectivity index (χ2v) is 3.27. The maximum atomic E-state index is 8.40. The number of rotatable bonds is 1. The lowest BCUT2D eigenvalue weighted by Crippen LogP contribution is -2.54. The zero-order chi connectivity index (χ0) is 5.21. The van der Waals surface area contributed by atoms with E-state index in [1.165, 1.54) is 5.70 Å². The van der Waals surface area contributed by atoms with Crippen LogP contribution in [0.2, 0.25) is 0 Å². The molecule has 0 saturated carbocycles. The van der Waals surface area contributed by atoms with E-state index in [9.17, 15) is 0 Å². The first-order chi connectivity index (χ1) is 2.56. The van der Waals surface area contributed by atoms with Crippen LogP contribution >= 0.6 is 0 Å². The van der Waals surface area contributed by atoms with E-state index in [-0.39, 0.29) is 0 Å². The molecule has 0 aliphatic carbocycles. The highest BCUT2D eigenvalue weighted by Gasteiger charge is 2.11. The molecule has 0 aromatic rings. The summed E-state index contributed by atoms with van der Waals surface area (Å²) in [5.41, 5.74) is 1.19. The van der Waals surface area contributed by atoms with Crippen molar-refractivity contribution in [3.05, 3.63) is 12.3 Å². The van der Waals surface area contributed by atoms with E-state index < -0.39 is 8.64 Å². The van der Waals surface area contributed by atoms with E-state index in [1.807, 2.05) is 0 Å². The molecule has 0 aromatic heterocycles. The van der Waals surface area contributed by atoms with Gasteiger partial charge in [0.15, 0.2) is 0 Å². The van der Waals surface area contributed by atoms with E-state index in [1.54, 1.807) is 0 Å². The maximum absolute atomic E-state index is 8.40. The van der Waals surface area contributed by atoms with E-state index in [4.69, 9.17) is 15.6 Å². The monoisotopic (exact) mass is 104 g/mol. The average molecular weight is 104 g/mol. The summed E-state index contributed by atoms with van der Waals surface area (Å²) in [5.74, 6) is 0. The molecule has 6 heavy (non-hydrogen) atoms. The van der Waals surface area contributed by atoms with E-state index >= 15 is 0 Å². The molecule has 5 N–H and O–H groups in total. The van der Waals surface area contributed by atoms with Crippen LogP contribution in [0.4, 0.5) is 0 Å². The summed E-state index contributed by atoms with van der Waals surface area (Å²) >= 11 is 0. The van der Waals surface area contributed by atoms with Gasteiger partial charge in [-0.1, -0.05) is 0 Å². The summed E-state index contributed by atoms with van der Waals surface area (Å²) in [6.07, 6.45) is 0. The Hall–Kier alpha value is -0.163. The van der Waals surface area contributed by atoms with Crippen LogP contribution in [-0.2, 0) is 0 Å². The molecule has 0 atom stereocenters. The van der Waals surface area contributed by atoms with Crippen LogP contribution in [0.5, 0.6) is 0 Å². The van der Waals surface area contributed by atoms with Gasteiger partial charge in [0, 0.05) is 0 Å². The van der Waals surface area contributed by atoms with Crippen LogP contribution in [0.1, 0.15) is 0 Å². The lowest BCUT2D eigenvalue weighted by Gasteiger charge is -2.01. The number of nitrogens with two attached hydrogens (primary N) is 2. The summed E-state index contributed by atoms with van der Waals surface area (Å²) in [6, 6.07) is 0. The zero-order valence-electron chi connectivity index (χ0n) is 3.39. The van der Waals surface area contributed by atoms with Gasteiger partial charge < -0.3 is 15.6 Å². The minimum Gasteiger partial charge on any atom is -0.405 e. The Labute approximate surface area is 37.6 Å². The number of hydrogen-bond acceptors (Lipinski definition) is 3. The fraction of sp³-hybridized carbons (Fsp3) is 0. The van der Waals surface area contributed by atoms with Crippen molar-refractivity contribution in [1.82, 2.24) is 0 Å². The van der Waals surface area contributed by atoms with Crippen molar-refractivity contribution in [2.75, 3.05) is 0 Å². The largest absolute Gasteiger partial charge is 0.405 e. The molecular weight excluding hydrogens is 96.1 g/mol. The highest BCUT2D eigenvalue weighted by molar-refractivity contribution is 6.70. The van der Waals surface area contributed by atoms with Gasteiger partial charge >= 0.3 is 8.64 Å². The van der Waals surface area contributed by atoms with Crippen molar-refractivity contribution in [3.8, 4) is 0 Å². The predicted octanol–water partition coefficient (Wildman–Crippen LogP) is -1.44. The molecular formula is C2H8N2OSi. The Kier molecular flexibility index (Phi) is 1.48. The third kappa shape index (κ3) is 3.84. The van der Waals surface area contributed by atoms with Crippen LogP contribution in [0.15, 0.2) is 12.3 Å². The smallest absolute Gasteiger partial charge is 0.370 e. The van der Waals surface area contributed by atoms with Crippen LogP contribution < -0.4 is 10.8 Å². The molecule has 0 unspecified atom stereocenters. The van der Waals surface area contributed by atoms with Crippen LogP contribution in [0, 0.1) is 0 Å². The van der Waals surface area contributed by atoms with Crippen molar-refractivity contribution in [3.63, 3.8) is 0 Å². The first-order valence-corrected chi connectivity index (χ1v) is 3.68. The van der Waals surface area contributed by atoms with Gasteiger partial charge in [-0.25, -0.2) is 0 Å². The molecule has 36 valence electrons. The third-order valence-corrected chi connectivity index (χ3v) is 0.981. The van der Waals surface area contributed by atoms with Gasteiger partial charge in [-0.3, -0.25) is 0 Å². The fourth-order valence-corrected chi connectivity index (χ4v) is 0. The summed E-state index contributed by atoms with van der Waals surface area (Å²) in [5, 5.41) is 9.78. The molecule has 0 spiro atoms. The molecule has 0 aromatic carbocycles. The molecule has 0 aliphatic heterocycles. The topological polar surface area (TPSA) is 72.3 Å². The summed E-state index contributed by atoms with van der Waals surface area (Å²) < 4.78 is 0. The Morgan fingerprint density at radius 3 is 1.83 bits per heavy atom. The normalized spacial score (nSPS) is 11.2. The van der Waals surface area contributed by atoms with Crippen molar-refractivity contribution in [2.45, 2.75) is 0 Å². The highest BCUT2D eigenvalue weighted by Crippen LogP contribution is 1.69. The average Bonchev–Trinajstić information content (AvgIpc) is 1.35. The number of hydrogen-bond donors (Lipinski definition) is 3. The minimum atomic E-state index is -2.87. The predicted molar refractivity (Wildman–Crippen MR) is 26.5 cm³/mol. The lowest BCUT2D eigenvalue weighted by molar-refractivity contribution is 0.552.